The maximum Gasteiger partial charge on any atom is 0.262 e. The Bertz CT molecular complexity index is 524. The Morgan fingerprint density at radius 3 is 2.63 bits per heavy atom. The third-order valence-electron chi connectivity index (χ3n) is 3.75. The second-order valence-electron chi connectivity index (χ2n) is 4.92. The first-order valence-electron chi connectivity index (χ1n) is 6.68. The van der Waals surface area contributed by atoms with Crippen LogP contribution in [0.15, 0.2) is 23.4 Å². The molecule has 0 aliphatic heterocycles. The third-order valence-corrected chi connectivity index (χ3v) is 5.62. The highest BCUT2D eigenvalue weighted by Gasteiger charge is 2.31. The molecule has 1 aromatic rings. The van der Waals surface area contributed by atoms with Crippen LogP contribution in [0.25, 0.3) is 0 Å². The molecule has 1 fully saturated rings. The predicted octanol–water partition coefficient (Wildman–Crippen LogP) is 2.08. The van der Waals surface area contributed by atoms with Gasteiger partial charge in [-0.2, -0.15) is 4.31 Å². The molecule has 1 aromatic heterocycles. The third kappa shape index (κ3) is 2.90. The van der Waals surface area contributed by atoms with Crippen molar-refractivity contribution in [2.75, 3.05) is 19.4 Å². The van der Waals surface area contributed by atoms with Crippen molar-refractivity contribution < 1.29 is 8.42 Å². The molecule has 2 rings (SSSR count). The Hall–Kier alpha value is -1.14. The SMILES string of the molecule is CNc1cccnc1S(=O)(=O)N(C)C1CCCCC1. The minimum Gasteiger partial charge on any atom is -0.386 e. The van der Waals surface area contributed by atoms with Crippen molar-refractivity contribution in [1.29, 1.82) is 0 Å². The molecule has 19 heavy (non-hydrogen) atoms. The van der Waals surface area contributed by atoms with Crippen LogP contribution < -0.4 is 5.32 Å². The van der Waals surface area contributed by atoms with Gasteiger partial charge >= 0.3 is 0 Å². The van der Waals surface area contributed by atoms with E-state index in [2.05, 4.69) is 10.3 Å². The summed E-state index contributed by atoms with van der Waals surface area (Å²) < 4.78 is 26.8. The number of anilines is 1. The Morgan fingerprint density at radius 1 is 1.32 bits per heavy atom. The minimum atomic E-state index is -3.52. The van der Waals surface area contributed by atoms with Gasteiger partial charge in [-0.15, -0.1) is 0 Å². The molecule has 106 valence electrons. The molecule has 1 saturated carbocycles. The van der Waals surface area contributed by atoms with Crippen LogP contribution in [0.2, 0.25) is 0 Å². The van der Waals surface area contributed by atoms with Gasteiger partial charge in [-0.3, -0.25) is 0 Å². The van der Waals surface area contributed by atoms with Gasteiger partial charge in [0.2, 0.25) is 0 Å². The van der Waals surface area contributed by atoms with Gasteiger partial charge in [-0.1, -0.05) is 19.3 Å². The van der Waals surface area contributed by atoms with E-state index in [1.165, 1.54) is 16.9 Å². The van der Waals surface area contributed by atoms with Crippen molar-refractivity contribution in [3.8, 4) is 0 Å². The summed E-state index contributed by atoms with van der Waals surface area (Å²) in [5, 5.41) is 3.01. The van der Waals surface area contributed by atoms with Gasteiger partial charge in [-0.25, -0.2) is 13.4 Å². The van der Waals surface area contributed by atoms with Gasteiger partial charge < -0.3 is 5.32 Å². The zero-order chi connectivity index (χ0) is 13.9. The zero-order valence-corrected chi connectivity index (χ0v) is 12.3. The van der Waals surface area contributed by atoms with Crippen molar-refractivity contribution in [3.63, 3.8) is 0 Å². The summed E-state index contributed by atoms with van der Waals surface area (Å²) in [6.45, 7) is 0. The number of aromatic nitrogens is 1. The fourth-order valence-electron chi connectivity index (χ4n) is 2.56. The van der Waals surface area contributed by atoms with E-state index in [9.17, 15) is 8.42 Å². The molecule has 0 spiro atoms. The highest BCUT2D eigenvalue weighted by molar-refractivity contribution is 7.89. The number of hydrogen-bond acceptors (Lipinski definition) is 4. The average molecular weight is 283 g/mol. The van der Waals surface area contributed by atoms with Gasteiger partial charge in [0.25, 0.3) is 10.0 Å². The molecule has 0 bridgehead atoms. The number of nitrogens with zero attached hydrogens (tertiary/aromatic N) is 2. The highest BCUT2D eigenvalue weighted by Crippen LogP contribution is 2.28. The van der Waals surface area contributed by atoms with Crippen LogP contribution in [0.3, 0.4) is 0 Å². The topological polar surface area (TPSA) is 62.3 Å². The number of rotatable bonds is 4. The molecule has 1 aliphatic rings. The lowest BCUT2D eigenvalue weighted by Gasteiger charge is -2.30. The molecule has 5 nitrogen and oxygen atoms in total. The summed E-state index contributed by atoms with van der Waals surface area (Å²) in [6.07, 6.45) is 6.81. The molecule has 6 heteroatoms. The normalized spacial score (nSPS) is 17.6. The predicted molar refractivity (Wildman–Crippen MR) is 75.6 cm³/mol. The fourth-order valence-corrected chi connectivity index (χ4v) is 4.08. The number of sulfonamides is 1. The number of nitrogens with one attached hydrogen (secondary N) is 1. The molecular weight excluding hydrogens is 262 g/mol. The van der Waals surface area contributed by atoms with Crippen molar-refractivity contribution in [2.45, 2.75) is 43.2 Å². The number of hydrogen-bond donors (Lipinski definition) is 1. The summed E-state index contributed by atoms with van der Waals surface area (Å²) in [6, 6.07) is 3.56. The second kappa shape index (κ2) is 5.88. The summed E-state index contributed by atoms with van der Waals surface area (Å²) in [7, 11) is -0.151. The molecule has 0 unspecified atom stereocenters. The average Bonchev–Trinajstić information content (AvgIpc) is 2.47. The van der Waals surface area contributed by atoms with Crippen LogP contribution in [0, 0.1) is 0 Å². The molecule has 0 aromatic carbocycles. The van der Waals surface area contributed by atoms with Gasteiger partial charge in [0.05, 0.1) is 5.69 Å². The van der Waals surface area contributed by atoms with E-state index in [1.807, 2.05) is 0 Å². The van der Waals surface area contributed by atoms with E-state index in [1.54, 1.807) is 26.2 Å². The van der Waals surface area contributed by atoms with E-state index in [0.717, 1.165) is 25.7 Å². The van der Waals surface area contributed by atoms with E-state index < -0.39 is 10.0 Å². The smallest absolute Gasteiger partial charge is 0.262 e. The quantitative estimate of drug-likeness (QED) is 0.919. The summed E-state index contributed by atoms with van der Waals surface area (Å²) >= 11 is 0. The maximum absolute atomic E-state index is 12.6. The molecular formula is C13H21N3O2S. The van der Waals surface area contributed by atoms with Crippen LogP contribution in [-0.2, 0) is 10.0 Å². The molecule has 1 aliphatic carbocycles. The first kappa shape index (κ1) is 14.3. The van der Waals surface area contributed by atoms with Crippen LogP contribution in [0.1, 0.15) is 32.1 Å². The van der Waals surface area contributed by atoms with Crippen molar-refractivity contribution in [1.82, 2.24) is 9.29 Å². The summed E-state index contributed by atoms with van der Waals surface area (Å²) in [4.78, 5) is 4.04. The van der Waals surface area contributed by atoms with E-state index in [0.29, 0.717) is 5.69 Å². The molecule has 0 saturated heterocycles. The van der Waals surface area contributed by atoms with E-state index in [4.69, 9.17) is 0 Å². The zero-order valence-electron chi connectivity index (χ0n) is 11.5. The summed E-state index contributed by atoms with van der Waals surface area (Å²) in [5.41, 5.74) is 0.546. The van der Waals surface area contributed by atoms with Gasteiger partial charge in [0.15, 0.2) is 5.03 Å². The second-order valence-corrected chi connectivity index (χ2v) is 6.83. The first-order valence-corrected chi connectivity index (χ1v) is 8.12. The lowest BCUT2D eigenvalue weighted by Crippen LogP contribution is -2.38. The Balaban J connectivity index is 2.30. The van der Waals surface area contributed by atoms with Crippen molar-refractivity contribution >= 4 is 15.7 Å². The van der Waals surface area contributed by atoms with Crippen LogP contribution >= 0.6 is 0 Å². The molecule has 1 N–H and O–H groups in total. The Morgan fingerprint density at radius 2 is 2.00 bits per heavy atom. The Kier molecular flexibility index (Phi) is 4.42. The lowest BCUT2D eigenvalue weighted by molar-refractivity contribution is 0.285. The van der Waals surface area contributed by atoms with Gasteiger partial charge in [0.1, 0.15) is 0 Å². The molecule has 1 heterocycles. The number of pyridine rings is 1. The summed E-state index contributed by atoms with van der Waals surface area (Å²) in [5.74, 6) is 0. The molecule has 0 amide bonds. The van der Waals surface area contributed by atoms with Crippen LogP contribution in [0.4, 0.5) is 5.69 Å². The van der Waals surface area contributed by atoms with E-state index in [-0.39, 0.29) is 11.1 Å². The lowest BCUT2D eigenvalue weighted by atomic mass is 9.96. The van der Waals surface area contributed by atoms with Crippen LogP contribution in [-0.4, -0.2) is 37.8 Å². The Labute approximate surface area is 115 Å². The van der Waals surface area contributed by atoms with Crippen molar-refractivity contribution in [3.05, 3.63) is 18.3 Å². The fraction of sp³-hybridized carbons (Fsp3) is 0.615. The highest BCUT2D eigenvalue weighted by atomic mass is 32.2. The van der Waals surface area contributed by atoms with Crippen molar-refractivity contribution in [2.24, 2.45) is 0 Å². The largest absolute Gasteiger partial charge is 0.386 e. The monoisotopic (exact) mass is 283 g/mol. The molecule has 0 atom stereocenters. The molecule has 0 radical (unpaired) electrons. The first-order chi connectivity index (χ1) is 9.07. The van der Waals surface area contributed by atoms with Gasteiger partial charge in [0, 0.05) is 26.3 Å². The van der Waals surface area contributed by atoms with Gasteiger partial charge in [-0.05, 0) is 25.0 Å². The maximum atomic E-state index is 12.6. The van der Waals surface area contributed by atoms with Crippen LogP contribution in [0.5, 0.6) is 0 Å². The minimum absolute atomic E-state index is 0.102. The standard InChI is InChI=1S/C13H21N3O2S/c1-14-12-9-6-10-15-13(12)19(17,18)16(2)11-7-4-3-5-8-11/h6,9-11,14H,3-5,7-8H2,1-2H3. The van der Waals surface area contributed by atoms with E-state index >= 15 is 0 Å².